The van der Waals surface area contributed by atoms with Gasteiger partial charge < -0.3 is 20.1 Å². The van der Waals surface area contributed by atoms with Gasteiger partial charge in [-0.25, -0.2) is 4.57 Å². The van der Waals surface area contributed by atoms with Crippen molar-refractivity contribution in [3.05, 3.63) is 12.2 Å². The van der Waals surface area contributed by atoms with Gasteiger partial charge in [-0.3, -0.25) is 18.6 Å². The molecule has 338 valence electrons. The van der Waals surface area contributed by atoms with Crippen molar-refractivity contribution in [3.63, 3.8) is 0 Å². The van der Waals surface area contributed by atoms with Crippen molar-refractivity contribution >= 4 is 19.8 Å². The normalized spacial score (nSPS) is 13.3. The van der Waals surface area contributed by atoms with Gasteiger partial charge in [0.25, 0.3) is 0 Å². The Morgan fingerprint density at radius 2 is 0.860 bits per heavy atom. The second-order valence-corrected chi connectivity index (χ2v) is 17.8. The van der Waals surface area contributed by atoms with E-state index in [0.717, 1.165) is 32.1 Å². The van der Waals surface area contributed by atoms with Crippen molar-refractivity contribution in [2.75, 3.05) is 26.4 Å². The molecule has 0 amide bonds. The van der Waals surface area contributed by atoms with Crippen LogP contribution in [-0.2, 0) is 32.7 Å². The van der Waals surface area contributed by atoms with Crippen LogP contribution < -0.4 is 5.73 Å². The maximum Gasteiger partial charge on any atom is 0.472 e. The lowest BCUT2D eigenvalue weighted by molar-refractivity contribution is -0.161. The van der Waals surface area contributed by atoms with Crippen molar-refractivity contribution in [2.24, 2.45) is 5.73 Å². The molecule has 0 aliphatic heterocycles. The van der Waals surface area contributed by atoms with E-state index >= 15 is 0 Å². The highest BCUT2D eigenvalue weighted by Crippen LogP contribution is 2.43. The number of phosphoric ester groups is 1. The average molecular weight is 830 g/mol. The Kier molecular flexibility index (Phi) is 43.3. The molecule has 0 aromatic rings. The first-order chi connectivity index (χ1) is 27.8. The quantitative estimate of drug-likeness (QED) is 0.0266. The zero-order chi connectivity index (χ0) is 41.8. The van der Waals surface area contributed by atoms with Crippen LogP contribution in [0.2, 0.25) is 0 Å². The van der Waals surface area contributed by atoms with Crippen molar-refractivity contribution < 1.29 is 37.6 Å². The van der Waals surface area contributed by atoms with Crippen molar-refractivity contribution in [3.8, 4) is 0 Å². The molecule has 0 spiro atoms. The van der Waals surface area contributed by atoms with Gasteiger partial charge in [-0.1, -0.05) is 206 Å². The summed E-state index contributed by atoms with van der Waals surface area (Å²) in [5.41, 5.74) is 5.36. The Labute approximate surface area is 351 Å². The number of carbonyl (C=O) groups is 2. The van der Waals surface area contributed by atoms with E-state index in [0.29, 0.717) is 6.42 Å². The summed E-state index contributed by atoms with van der Waals surface area (Å²) in [5, 5.41) is 0. The Balaban J connectivity index is 4.05. The molecular formula is C47H92NO8P. The lowest BCUT2D eigenvalue weighted by atomic mass is 10.0. The van der Waals surface area contributed by atoms with Gasteiger partial charge in [-0.2, -0.15) is 0 Å². The van der Waals surface area contributed by atoms with Crippen molar-refractivity contribution in [1.82, 2.24) is 0 Å². The summed E-state index contributed by atoms with van der Waals surface area (Å²) >= 11 is 0. The molecule has 0 heterocycles. The predicted molar refractivity (Wildman–Crippen MR) is 238 cm³/mol. The smallest absolute Gasteiger partial charge is 0.462 e. The summed E-state index contributed by atoms with van der Waals surface area (Å²) in [4.78, 5) is 35.0. The molecule has 57 heavy (non-hydrogen) atoms. The van der Waals surface area contributed by atoms with E-state index in [1.54, 1.807) is 0 Å². The number of carbonyl (C=O) groups excluding carboxylic acids is 2. The molecule has 0 radical (unpaired) electrons. The van der Waals surface area contributed by atoms with E-state index < -0.39 is 26.5 Å². The minimum Gasteiger partial charge on any atom is -0.462 e. The second-order valence-electron chi connectivity index (χ2n) is 16.3. The molecule has 0 fully saturated rings. The molecule has 1 unspecified atom stereocenters. The van der Waals surface area contributed by atoms with E-state index in [2.05, 4.69) is 26.0 Å². The predicted octanol–water partition coefficient (Wildman–Crippen LogP) is 14.2. The number of nitrogens with two attached hydrogens (primary N) is 1. The number of esters is 2. The Morgan fingerprint density at radius 3 is 1.25 bits per heavy atom. The van der Waals surface area contributed by atoms with Crippen LogP contribution in [0.1, 0.15) is 245 Å². The molecule has 0 aromatic carbocycles. The highest BCUT2D eigenvalue weighted by atomic mass is 31.2. The summed E-state index contributed by atoms with van der Waals surface area (Å²) in [7, 11) is -4.37. The summed E-state index contributed by atoms with van der Waals surface area (Å²) in [6.07, 6.45) is 46.7. The van der Waals surface area contributed by atoms with Gasteiger partial charge >= 0.3 is 19.8 Å². The van der Waals surface area contributed by atoms with Crippen LogP contribution in [0.15, 0.2) is 12.2 Å². The Morgan fingerprint density at radius 1 is 0.509 bits per heavy atom. The molecule has 10 heteroatoms. The van der Waals surface area contributed by atoms with Crippen LogP contribution in [0.3, 0.4) is 0 Å². The topological polar surface area (TPSA) is 134 Å². The van der Waals surface area contributed by atoms with Crippen molar-refractivity contribution in [2.45, 2.75) is 251 Å². The number of hydrogen-bond donors (Lipinski definition) is 2. The van der Waals surface area contributed by atoms with Crippen LogP contribution >= 0.6 is 7.82 Å². The van der Waals surface area contributed by atoms with Crippen LogP contribution in [0.5, 0.6) is 0 Å². The lowest BCUT2D eigenvalue weighted by Gasteiger charge is -2.19. The van der Waals surface area contributed by atoms with Gasteiger partial charge in [-0.15, -0.1) is 0 Å². The zero-order valence-electron chi connectivity index (χ0n) is 37.3. The molecule has 0 aliphatic rings. The van der Waals surface area contributed by atoms with Crippen LogP contribution in [-0.4, -0.2) is 49.3 Å². The molecule has 0 aromatic heterocycles. The zero-order valence-corrected chi connectivity index (χ0v) is 38.2. The van der Waals surface area contributed by atoms with Gasteiger partial charge in [0.15, 0.2) is 6.10 Å². The average Bonchev–Trinajstić information content (AvgIpc) is 3.20. The molecule has 0 aliphatic carbocycles. The third kappa shape index (κ3) is 44.1. The molecule has 3 N–H and O–H groups in total. The monoisotopic (exact) mass is 830 g/mol. The van der Waals surface area contributed by atoms with Gasteiger partial charge in [0.1, 0.15) is 6.61 Å². The first kappa shape index (κ1) is 55.8. The van der Waals surface area contributed by atoms with E-state index in [1.165, 1.54) is 180 Å². The van der Waals surface area contributed by atoms with E-state index in [1.807, 2.05) is 0 Å². The van der Waals surface area contributed by atoms with Crippen LogP contribution in [0, 0.1) is 0 Å². The largest absolute Gasteiger partial charge is 0.472 e. The molecule has 0 saturated carbocycles. The number of allylic oxidation sites excluding steroid dienone is 2. The molecule has 0 bridgehead atoms. The van der Waals surface area contributed by atoms with Crippen LogP contribution in [0.25, 0.3) is 0 Å². The number of phosphoric acid groups is 1. The van der Waals surface area contributed by atoms with Gasteiger partial charge in [0, 0.05) is 19.4 Å². The minimum atomic E-state index is -4.37. The van der Waals surface area contributed by atoms with Gasteiger partial charge in [0.05, 0.1) is 13.2 Å². The first-order valence-corrected chi connectivity index (χ1v) is 25.7. The Hall–Kier alpha value is -1.25. The SMILES string of the molecule is CCCCCCCCC=CCCCCCCCCCCCC(=O)OC[C@H](COP(=O)(O)OCCN)OC(=O)CCCCCCCCCCCCCCCCCCC. The lowest BCUT2D eigenvalue weighted by Crippen LogP contribution is -2.29. The number of hydrogen-bond acceptors (Lipinski definition) is 8. The third-order valence-electron chi connectivity index (χ3n) is 10.7. The summed E-state index contributed by atoms with van der Waals surface area (Å²) in [5.74, 6) is -0.816. The third-order valence-corrected chi connectivity index (χ3v) is 11.6. The number of ether oxygens (including phenoxy) is 2. The highest BCUT2D eigenvalue weighted by Gasteiger charge is 2.26. The summed E-state index contributed by atoms with van der Waals surface area (Å²) in [6, 6.07) is 0. The molecule has 0 saturated heterocycles. The van der Waals surface area contributed by atoms with E-state index in [4.69, 9.17) is 24.3 Å². The molecular weight excluding hydrogens is 737 g/mol. The number of unbranched alkanes of at least 4 members (excludes halogenated alkanes) is 31. The first-order valence-electron chi connectivity index (χ1n) is 24.2. The van der Waals surface area contributed by atoms with E-state index in [9.17, 15) is 19.0 Å². The van der Waals surface area contributed by atoms with Gasteiger partial charge in [-0.05, 0) is 38.5 Å². The number of rotatable bonds is 46. The maximum atomic E-state index is 12.6. The summed E-state index contributed by atoms with van der Waals surface area (Å²) in [6.45, 7) is 3.77. The fourth-order valence-electron chi connectivity index (χ4n) is 7.04. The van der Waals surface area contributed by atoms with Crippen molar-refractivity contribution in [1.29, 1.82) is 0 Å². The second kappa shape index (κ2) is 44.3. The fraction of sp³-hybridized carbons (Fsp3) is 0.915. The fourth-order valence-corrected chi connectivity index (χ4v) is 7.81. The molecule has 0 rings (SSSR count). The minimum absolute atomic E-state index is 0.0563. The Bertz CT molecular complexity index is 948. The summed E-state index contributed by atoms with van der Waals surface area (Å²) < 4.78 is 32.9. The van der Waals surface area contributed by atoms with Gasteiger partial charge in [0.2, 0.25) is 0 Å². The van der Waals surface area contributed by atoms with Crippen LogP contribution in [0.4, 0.5) is 0 Å². The molecule has 2 atom stereocenters. The standard InChI is InChI=1S/C47H92NO8P/c1-3-5-7-9-11-13-15-17-19-21-22-24-25-27-29-31-33-35-37-39-46(49)53-43-45(44-55-57(51,52)54-42-41-48)56-47(50)40-38-36-34-32-30-28-26-23-20-18-16-14-12-10-8-6-4-2/h17,19,45H,3-16,18,20-44,48H2,1-2H3,(H,51,52)/t45-/m1/s1. The maximum absolute atomic E-state index is 12.6. The van der Waals surface area contributed by atoms with E-state index in [-0.39, 0.29) is 38.6 Å². The highest BCUT2D eigenvalue weighted by molar-refractivity contribution is 7.47. The molecule has 9 nitrogen and oxygen atoms in total.